The Hall–Kier alpha value is -3.09. The van der Waals surface area contributed by atoms with E-state index in [1.165, 1.54) is 18.2 Å². The van der Waals surface area contributed by atoms with E-state index < -0.39 is 17.7 Å². The van der Waals surface area contributed by atoms with E-state index in [4.69, 9.17) is 4.42 Å². The third-order valence-electron chi connectivity index (χ3n) is 3.33. The van der Waals surface area contributed by atoms with Crippen LogP contribution < -0.4 is 10.9 Å². The maximum atomic E-state index is 12.3. The van der Waals surface area contributed by atoms with E-state index in [1.54, 1.807) is 41.7 Å². The summed E-state index contributed by atoms with van der Waals surface area (Å²) in [5.74, 6) is -2.08. The number of nitrogens with one attached hydrogen (secondary N) is 1. The number of hydrogen-bond donors (Lipinski definition) is 1. The van der Waals surface area contributed by atoms with Crippen molar-refractivity contribution in [1.82, 2.24) is 0 Å². The molecule has 0 fully saturated rings. The van der Waals surface area contributed by atoms with Crippen LogP contribution in [-0.2, 0) is 4.79 Å². The van der Waals surface area contributed by atoms with E-state index >= 15 is 0 Å². The van der Waals surface area contributed by atoms with E-state index in [9.17, 15) is 22.8 Å². The van der Waals surface area contributed by atoms with Crippen molar-refractivity contribution in [1.29, 1.82) is 0 Å². The van der Waals surface area contributed by atoms with Crippen LogP contribution in [-0.4, -0.2) is 12.1 Å². The van der Waals surface area contributed by atoms with Gasteiger partial charge in [-0.25, -0.2) is 4.79 Å². The van der Waals surface area contributed by atoms with Crippen LogP contribution in [0.4, 0.5) is 18.9 Å². The molecule has 0 spiro atoms. The number of benzene rings is 2. The van der Waals surface area contributed by atoms with Crippen LogP contribution in [0.5, 0.6) is 0 Å². The van der Waals surface area contributed by atoms with E-state index in [2.05, 4.69) is 0 Å². The average Bonchev–Trinajstić information content (AvgIpc) is 2.53. The zero-order valence-corrected chi connectivity index (χ0v) is 12.1. The second kappa shape index (κ2) is 5.84. The number of carbonyl (C=O) groups is 1. The van der Waals surface area contributed by atoms with Gasteiger partial charge in [-0.3, -0.25) is 4.79 Å². The molecule has 0 radical (unpaired) electrons. The van der Waals surface area contributed by atoms with E-state index in [1.807, 2.05) is 0 Å². The first-order valence-electron chi connectivity index (χ1n) is 6.86. The van der Waals surface area contributed by atoms with Crippen LogP contribution in [0.3, 0.4) is 0 Å². The van der Waals surface area contributed by atoms with Gasteiger partial charge in [0.1, 0.15) is 5.58 Å². The Morgan fingerprint density at radius 2 is 1.75 bits per heavy atom. The first-order chi connectivity index (χ1) is 11.3. The summed E-state index contributed by atoms with van der Waals surface area (Å²) in [4.78, 5) is 23.1. The Kier molecular flexibility index (Phi) is 3.84. The summed E-state index contributed by atoms with van der Waals surface area (Å²) >= 11 is 0. The molecule has 0 unspecified atom stereocenters. The van der Waals surface area contributed by atoms with E-state index in [0.29, 0.717) is 16.5 Å². The van der Waals surface area contributed by atoms with Crippen molar-refractivity contribution in [2.75, 3.05) is 5.32 Å². The molecule has 0 saturated carbocycles. The van der Waals surface area contributed by atoms with Crippen LogP contribution in [0.2, 0.25) is 0 Å². The smallest absolute Gasteiger partial charge is 0.422 e. The van der Waals surface area contributed by atoms with Gasteiger partial charge in [0.25, 0.3) is 0 Å². The molecule has 2 aromatic carbocycles. The Balaban J connectivity index is 2.02. The molecular weight excluding hydrogens is 323 g/mol. The van der Waals surface area contributed by atoms with E-state index in [0.717, 1.165) is 0 Å². The molecular formula is C17H10F3NO3. The summed E-state index contributed by atoms with van der Waals surface area (Å²) in [6.07, 6.45) is -4.99. The van der Waals surface area contributed by atoms with Crippen molar-refractivity contribution in [3.63, 3.8) is 0 Å². The molecule has 3 aromatic rings. The number of halogens is 3. The summed E-state index contributed by atoms with van der Waals surface area (Å²) in [6, 6.07) is 14.0. The predicted molar refractivity (Wildman–Crippen MR) is 82.6 cm³/mol. The highest BCUT2D eigenvalue weighted by Crippen LogP contribution is 2.25. The van der Waals surface area contributed by atoms with Crippen molar-refractivity contribution in [2.24, 2.45) is 0 Å². The first kappa shape index (κ1) is 15.8. The number of hydrogen-bond acceptors (Lipinski definition) is 3. The largest absolute Gasteiger partial charge is 0.471 e. The average molecular weight is 333 g/mol. The minimum Gasteiger partial charge on any atom is -0.422 e. The van der Waals surface area contributed by atoms with Crippen molar-refractivity contribution in [3.05, 3.63) is 65.0 Å². The number of anilines is 1. The van der Waals surface area contributed by atoms with Gasteiger partial charge < -0.3 is 9.73 Å². The van der Waals surface area contributed by atoms with Gasteiger partial charge >= 0.3 is 17.7 Å². The molecule has 0 aliphatic rings. The van der Waals surface area contributed by atoms with Crippen LogP contribution >= 0.6 is 0 Å². The van der Waals surface area contributed by atoms with Gasteiger partial charge in [0.15, 0.2) is 0 Å². The summed E-state index contributed by atoms with van der Waals surface area (Å²) < 4.78 is 42.2. The Morgan fingerprint density at radius 3 is 2.50 bits per heavy atom. The summed E-state index contributed by atoms with van der Waals surface area (Å²) in [7, 11) is 0. The van der Waals surface area contributed by atoms with Gasteiger partial charge in [-0.1, -0.05) is 30.3 Å². The molecule has 3 rings (SSSR count). The second-order valence-electron chi connectivity index (χ2n) is 5.02. The topological polar surface area (TPSA) is 59.3 Å². The quantitative estimate of drug-likeness (QED) is 0.722. The normalized spacial score (nSPS) is 11.5. The van der Waals surface area contributed by atoms with E-state index in [-0.39, 0.29) is 11.3 Å². The van der Waals surface area contributed by atoms with Gasteiger partial charge in [-0.15, -0.1) is 0 Å². The molecule has 4 nitrogen and oxygen atoms in total. The lowest BCUT2D eigenvalue weighted by Gasteiger charge is -2.09. The minimum absolute atomic E-state index is 0.0672. The predicted octanol–water partition coefficient (Wildman–Crippen LogP) is 3.96. The maximum Gasteiger partial charge on any atom is 0.471 e. The summed E-state index contributed by atoms with van der Waals surface area (Å²) in [5, 5.41) is 2.43. The lowest BCUT2D eigenvalue weighted by Crippen LogP contribution is -2.29. The van der Waals surface area contributed by atoms with Crippen molar-refractivity contribution < 1.29 is 22.4 Å². The molecule has 1 aromatic heterocycles. The Labute approximate surface area is 133 Å². The molecule has 0 saturated heterocycles. The standard InChI is InChI=1S/C17H10F3NO3/c18-17(19,20)16(23)21-12-6-3-5-10(8-12)13-9-11-4-1-2-7-14(11)24-15(13)22/h1-9H,(H,21,23). The fourth-order valence-electron chi connectivity index (χ4n) is 2.23. The Bertz CT molecular complexity index is 976. The molecule has 0 atom stereocenters. The van der Waals surface area contributed by atoms with Gasteiger partial charge in [0.2, 0.25) is 0 Å². The highest BCUT2D eigenvalue weighted by molar-refractivity contribution is 5.95. The fourth-order valence-corrected chi connectivity index (χ4v) is 2.23. The fraction of sp³-hybridized carbons (Fsp3) is 0.0588. The zero-order chi connectivity index (χ0) is 17.3. The molecule has 0 bridgehead atoms. The summed E-state index contributed by atoms with van der Waals surface area (Å²) in [6.45, 7) is 0. The monoisotopic (exact) mass is 333 g/mol. The van der Waals surface area contributed by atoms with Crippen LogP contribution in [0.1, 0.15) is 0 Å². The molecule has 0 aliphatic heterocycles. The molecule has 122 valence electrons. The highest BCUT2D eigenvalue weighted by atomic mass is 19.4. The maximum absolute atomic E-state index is 12.3. The number of carbonyl (C=O) groups excluding carboxylic acids is 1. The molecule has 1 amide bonds. The van der Waals surface area contributed by atoms with Crippen molar-refractivity contribution in [3.8, 4) is 11.1 Å². The van der Waals surface area contributed by atoms with Crippen LogP contribution in [0, 0.1) is 0 Å². The van der Waals surface area contributed by atoms with Gasteiger partial charge in [-0.2, -0.15) is 13.2 Å². The lowest BCUT2D eigenvalue weighted by molar-refractivity contribution is -0.167. The lowest BCUT2D eigenvalue weighted by atomic mass is 10.1. The minimum atomic E-state index is -4.99. The number of rotatable bonds is 2. The first-order valence-corrected chi connectivity index (χ1v) is 6.86. The number of alkyl halides is 3. The number of fused-ring (bicyclic) bond motifs is 1. The van der Waals surface area contributed by atoms with Crippen LogP contribution in [0.25, 0.3) is 22.1 Å². The highest BCUT2D eigenvalue weighted by Gasteiger charge is 2.38. The molecule has 1 N–H and O–H groups in total. The molecule has 1 heterocycles. The van der Waals surface area contributed by atoms with Crippen molar-refractivity contribution in [2.45, 2.75) is 6.18 Å². The molecule has 24 heavy (non-hydrogen) atoms. The van der Waals surface area contributed by atoms with Crippen LogP contribution in [0.15, 0.2) is 63.8 Å². The van der Waals surface area contributed by atoms with Gasteiger partial charge in [0.05, 0.1) is 5.56 Å². The second-order valence-corrected chi connectivity index (χ2v) is 5.02. The SMILES string of the molecule is O=C(Nc1cccc(-c2cc3ccccc3oc2=O)c1)C(F)(F)F. The summed E-state index contributed by atoms with van der Waals surface area (Å²) in [5.41, 5.74) is 0.259. The molecule has 0 aliphatic carbocycles. The zero-order valence-electron chi connectivity index (χ0n) is 12.1. The molecule has 7 heteroatoms. The van der Waals surface area contributed by atoms with Crippen molar-refractivity contribution >= 4 is 22.6 Å². The van der Waals surface area contributed by atoms with Gasteiger partial charge in [-0.05, 0) is 29.8 Å². The third kappa shape index (κ3) is 3.15. The third-order valence-corrected chi connectivity index (χ3v) is 3.33. The number of para-hydroxylation sites is 1. The number of amides is 1. The Morgan fingerprint density at radius 1 is 1.00 bits per heavy atom. The van der Waals surface area contributed by atoms with Gasteiger partial charge in [0, 0.05) is 11.1 Å².